The Kier molecular flexibility index (Phi) is 5.22. The van der Waals surface area contributed by atoms with Crippen LogP contribution in [-0.4, -0.2) is 17.6 Å². The summed E-state index contributed by atoms with van der Waals surface area (Å²) in [4.78, 5) is 23.8. The molecule has 0 atom stereocenters. The van der Waals surface area contributed by atoms with E-state index in [9.17, 15) is 14.7 Å². The molecule has 2 aromatic carbocycles. The van der Waals surface area contributed by atoms with E-state index in [0.717, 1.165) is 4.90 Å². The second-order valence-electron chi connectivity index (χ2n) is 4.97. The number of carboxylic acids is 1. The highest BCUT2D eigenvalue weighted by molar-refractivity contribution is 8.00. The van der Waals surface area contributed by atoms with Crippen molar-refractivity contribution in [3.05, 3.63) is 59.2 Å². The van der Waals surface area contributed by atoms with E-state index in [4.69, 9.17) is 0 Å². The van der Waals surface area contributed by atoms with Gasteiger partial charge < -0.3 is 15.2 Å². The predicted octanol–water partition coefficient (Wildman–Crippen LogP) is 2.40. The van der Waals surface area contributed by atoms with Crippen LogP contribution in [0.15, 0.2) is 47.4 Å². The number of aromatic carboxylic acids is 1. The SMILES string of the molecule is Cc1ccc(SCC(=O)Nc2ccc(C(=O)[O-])cc2C)cc1. The molecule has 2 aromatic rings. The minimum absolute atomic E-state index is 0.101. The first kappa shape index (κ1) is 16.1. The van der Waals surface area contributed by atoms with Gasteiger partial charge in [0.1, 0.15) is 0 Å². The van der Waals surface area contributed by atoms with Crippen molar-refractivity contribution in [2.75, 3.05) is 11.1 Å². The molecule has 2 rings (SSSR count). The van der Waals surface area contributed by atoms with E-state index in [2.05, 4.69) is 5.32 Å². The Morgan fingerprint density at radius 2 is 1.77 bits per heavy atom. The van der Waals surface area contributed by atoms with Gasteiger partial charge >= 0.3 is 0 Å². The second kappa shape index (κ2) is 7.13. The molecule has 0 aromatic heterocycles. The number of carbonyl (C=O) groups is 2. The van der Waals surface area contributed by atoms with E-state index in [-0.39, 0.29) is 11.5 Å². The number of hydrogen-bond acceptors (Lipinski definition) is 4. The van der Waals surface area contributed by atoms with Gasteiger partial charge in [-0.25, -0.2) is 0 Å². The number of rotatable bonds is 5. The summed E-state index contributed by atoms with van der Waals surface area (Å²) < 4.78 is 0. The largest absolute Gasteiger partial charge is 0.545 e. The van der Waals surface area contributed by atoms with Gasteiger partial charge in [-0.05, 0) is 49.2 Å². The van der Waals surface area contributed by atoms with Crippen LogP contribution < -0.4 is 10.4 Å². The van der Waals surface area contributed by atoms with E-state index < -0.39 is 5.97 Å². The molecule has 4 nitrogen and oxygen atoms in total. The lowest BCUT2D eigenvalue weighted by molar-refractivity contribution is -0.255. The third kappa shape index (κ3) is 4.36. The maximum atomic E-state index is 12.0. The molecule has 114 valence electrons. The Labute approximate surface area is 133 Å². The van der Waals surface area contributed by atoms with Crippen molar-refractivity contribution in [1.82, 2.24) is 0 Å². The second-order valence-corrected chi connectivity index (χ2v) is 6.02. The van der Waals surface area contributed by atoms with E-state index >= 15 is 0 Å². The third-order valence-corrected chi connectivity index (χ3v) is 4.14. The van der Waals surface area contributed by atoms with Crippen LogP contribution in [0.3, 0.4) is 0 Å². The van der Waals surface area contributed by atoms with Crippen LogP contribution in [0.1, 0.15) is 21.5 Å². The topological polar surface area (TPSA) is 69.2 Å². The van der Waals surface area contributed by atoms with Crippen LogP contribution >= 0.6 is 11.8 Å². The number of carboxylic acid groups (broad SMARTS) is 1. The average Bonchev–Trinajstić information content (AvgIpc) is 2.48. The minimum Gasteiger partial charge on any atom is -0.545 e. The van der Waals surface area contributed by atoms with Crippen molar-refractivity contribution in [3.63, 3.8) is 0 Å². The molecular weight excluding hydrogens is 298 g/mol. The summed E-state index contributed by atoms with van der Waals surface area (Å²) in [5.41, 5.74) is 2.58. The summed E-state index contributed by atoms with van der Waals surface area (Å²) in [5.74, 6) is -1.06. The Hall–Kier alpha value is -2.27. The van der Waals surface area contributed by atoms with Crippen molar-refractivity contribution in [2.24, 2.45) is 0 Å². The van der Waals surface area contributed by atoms with Gasteiger partial charge in [0.25, 0.3) is 0 Å². The number of hydrogen-bond donors (Lipinski definition) is 1. The molecular formula is C17H16NO3S-. The summed E-state index contributed by atoms with van der Waals surface area (Å²) in [6.45, 7) is 3.76. The van der Waals surface area contributed by atoms with Crippen molar-refractivity contribution in [1.29, 1.82) is 0 Å². The van der Waals surface area contributed by atoms with Crippen LogP contribution in [0.25, 0.3) is 0 Å². The molecule has 0 saturated heterocycles. The lowest BCUT2D eigenvalue weighted by Gasteiger charge is -2.10. The zero-order valence-corrected chi connectivity index (χ0v) is 13.2. The van der Waals surface area contributed by atoms with Crippen LogP contribution in [0.5, 0.6) is 0 Å². The maximum Gasteiger partial charge on any atom is 0.234 e. The highest BCUT2D eigenvalue weighted by atomic mass is 32.2. The lowest BCUT2D eigenvalue weighted by atomic mass is 10.1. The van der Waals surface area contributed by atoms with Crippen LogP contribution in [0.2, 0.25) is 0 Å². The smallest absolute Gasteiger partial charge is 0.234 e. The van der Waals surface area contributed by atoms with Gasteiger partial charge in [0.2, 0.25) is 5.91 Å². The zero-order valence-electron chi connectivity index (χ0n) is 12.4. The number of amides is 1. The van der Waals surface area contributed by atoms with E-state index in [0.29, 0.717) is 17.0 Å². The van der Waals surface area contributed by atoms with Gasteiger partial charge in [-0.2, -0.15) is 0 Å². The summed E-state index contributed by atoms with van der Waals surface area (Å²) in [6, 6.07) is 12.4. The van der Waals surface area contributed by atoms with Crippen molar-refractivity contribution in [2.45, 2.75) is 18.7 Å². The molecule has 1 amide bonds. The van der Waals surface area contributed by atoms with E-state index in [1.807, 2.05) is 31.2 Å². The normalized spacial score (nSPS) is 10.3. The molecule has 0 unspecified atom stereocenters. The zero-order chi connectivity index (χ0) is 16.1. The first-order valence-corrected chi connectivity index (χ1v) is 7.75. The highest BCUT2D eigenvalue weighted by Gasteiger charge is 2.07. The molecule has 0 heterocycles. The van der Waals surface area contributed by atoms with Crippen molar-refractivity contribution in [3.8, 4) is 0 Å². The Balaban J connectivity index is 1.94. The highest BCUT2D eigenvalue weighted by Crippen LogP contribution is 2.20. The van der Waals surface area contributed by atoms with Crippen LogP contribution in [-0.2, 0) is 4.79 Å². The fraction of sp³-hybridized carbons (Fsp3) is 0.176. The molecule has 22 heavy (non-hydrogen) atoms. The predicted molar refractivity (Wildman–Crippen MR) is 86.0 cm³/mol. The lowest BCUT2D eigenvalue weighted by Crippen LogP contribution is -2.22. The number of carbonyl (C=O) groups excluding carboxylic acids is 2. The molecule has 0 radical (unpaired) electrons. The van der Waals surface area contributed by atoms with Crippen LogP contribution in [0.4, 0.5) is 5.69 Å². The molecule has 5 heteroatoms. The average molecular weight is 314 g/mol. The molecule has 0 aliphatic rings. The number of anilines is 1. The molecule has 0 aliphatic carbocycles. The number of benzene rings is 2. The van der Waals surface area contributed by atoms with Gasteiger partial charge in [0, 0.05) is 10.6 Å². The third-order valence-electron chi connectivity index (χ3n) is 3.13. The summed E-state index contributed by atoms with van der Waals surface area (Å²) in [5, 5.41) is 13.6. The number of aryl methyl sites for hydroxylation is 2. The standard InChI is InChI=1S/C17H17NO3S/c1-11-3-6-14(7-4-11)22-10-16(19)18-15-8-5-13(17(20)21)9-12(15)2/h3-9H,10H2,1-2H3,(H,18,19)(H,20,21)/p-1. The summed E-state index contributed by atoms with van der Waals surface area (Å²) in [6.07, 6.45) is 0. The minimum atomic E-state index is -1.23. The molecule has 0 aliphatic heterocycles. The molecule has 0 spiro atoms. The fourth-order valence-corrected chi connectivity index (χ4v) is 2.60. The molecule has 0 fully saturated rings. The maximum absolute atomic E-state index is 12.0. The van der Waals surface area contributed by atoms with Crippen molar-refractivity contribution >= 4 is 29.3 Å². The fourth-order valence-electron chi connectivity index (χ4n) is 1.90. The van der Waals surface area contributed by atoms with Gasteiger partial charge in [0.15, 0.2) is 0 Å². The van der Waals surface area contributed by atoms with Gasteiger partial charge in [0.05, 0.1) is 11.7 Å². The quantitative estimate of drug-likeness (QED) is 0.860. The molecule has 1 N–H and O–H groups in total. The first-order chi connectivity index (χ1) is 10.5. The van der Waals surface area contributed by atoms with Crippen molar-refractivity contribution < 1.29 is 14.7 Å². The van der Waals surface area contributed by atoms with Gasteiger partial charge in [-0.3, -0.25) is 4.79 Å². The van der Waals surface area contributed by atoms with E-state index in [1.54, 1.807) is 13.0 Å². The Morgan fingerprint density at radius 1 is 1.09 bits per heavy atom. The van der Waals surface area contributed by atoms with Gasteiger partial charge in [-0.15, -0.1) is 11.8 Å². The first-order valence-electron chi connectivity index (χ1n) is 6.77. The van der Waals surface area contributed by atoms with Crippen LogP contribution in [0, 0.1) is 13.8 Å². The Morgan fingerprint density at radius 3 is 2.36 bits per heavy atom. The molecule has 0 saturated carbocycles. The number of thioether (sulfide) groups is 1. The summed E-state index contributed by atoms with van der Waals surface area (Å²) >= 11 is 1.45. The molecule has 0 bridgehead atoms. The Bertz CT molecular complexity index is 696. The number of nitrogens with one attached hydrogen (secondary N) is 1. The summed E-state index contributed by atoms with van der Waals surface area (Å²) in [7, 11) is 0. The van der Waals surface area contributed by atoms with Gasteiger partial charge in [-0.1, -0.05) is 23.8 Å². The monoisotopic (exact) mass is 314 g/mol. The van der Waals surface area contributed by atoms with E-state index in [1.165, 1.54) is 29.5 Å².